The third-order valence-corrected chi connectivity index (χ3v) is 2.18. The van der Waals surface area contributed by atoms with Gasteiger partial charge in [0.05, 0.1) is 5.56 Å². The number of nitrogens with zero attached hydrogens (tertiary/aromatic N) is 2. The monoisotopic (exact) mass is 221 g/mol. The van der Waals surface area contributed by atoms with Gasteiger partial charge in [0.15, 0.2) is 5.82 Å². The number of nitrogens with two attached hydrogens (primary N) is 1. The lowest BCUT2D eigenvalue weighted by atomic mass is 10.2. The van der Waals surface area contributed by atoms with Crippen molar-refractivity contribution >= 4 is 0 Å². The van der Waals surface area contributed by atoms with Gasteiger partial charge in [-0.05, 0) is 25.1 Å². The van der Waals surface area contributed by atoms with Gasteiger partial charge in [0.25, 0.3) is 5.89 Å². The molecule has 0 radical (unpaired) electrons. The van der Waals surface area contributed by atoms with Crippen LogP contribution in [0.1, 0.15) is 12.2 Å². The largest absolute Gasteiger partial charge is 0.334 e. The highest BCUT2D eigenvalue weighted by atomic mass is 19.1. The van der Waals surface area contributed by atoms with Crippen LogP contribution in [0.2, 0.25) is 0 Å². The summed E-state index contributed by atoms with van der Waals surface area (Å²) in [4.78, 5) is 4.11. The van der Waals surface area contributed by atoms with E-state index in [1.807, 2.05) is 0 Å². The Balaban J connectivity index is 2.22. The molecule has 0 saturated carbocycles. The van der Waals surface area contributed by atoms with Crippen molar-refractivity contribution in [3.05, 3.63) is 35.9 Å². The van der Waals surface area contributed by atoms with Crippen LogP contribution in [0.4, 0.5) is 4.39 Å². The van der Waals surface area contributed by atoms with Crippen LogP contribution in [0.5, 0.6) is 0 Å². The molecule has 0 bridgehead atoms. The van der Waals surface area contributed by atoms with E-state index in [1.54, 1.807) is 18.2 Å². The molecule has 0 aliphatic heterocycles. The molecule has 5 heteroatoms. The van der Waals surface area contributed by atoms with Crippen LogP contribution < -0.4 is 5.73 Å². The highest BCUT2D eigenvalue weighted by molar-refractivity contribution is 5.53. The van der Waals surface area contributed by atoms with E-state index in [9.17, 15) is 4.39 Å². The van der Waals surface area contributed by atoms with Gasteiger partial charge in [0.2, 0.25) is 0 Å². The maximum Gasteiger partial charge on any atom is 0.260 e. The summed E-state index contributed by atoms with van der Waals surface area (Å²) >= 11 is 0. The van der Waals surface area contributed by atoms with E-state index in [4.69, 9.17) is 10.3 Å². The standard InChI is InChI=1S/C11H12FN3O/c12-9-5-2-1-4-8(9)11-14-10(15-16-11)6-3-7-13/h1-2,4-5H,3,6-7,13H2. The quantitative estimate of drug-likeness (QED) is 0.854. The SMILES string of the molecule is NCCCc1noc(-c2ccccc2F)n1. The second-order valence-corrected chi connectivity index (χ2v) is 3.39. The molecular formula is C11H12FN3O. The molecule has 0 unspecified atom stereocenters. The molecule has 0 spiro atoms. The minimum atomic E-state index is -0.364. The van der Waals surface area contributed by atoms with Crippen LogP contribution in [-0.2, 0) is 6.42 Å². The van der Waals surface area contributed by atoms with E-state index in [-0.39, 0.29) is 11.7 Å². The molecule has 2 aromatic rings. The topological polar surface area (TPSA) is 64.9 Å². The van der Waals surface area contributed by atoms with Crippen molar-refractivity contribution in [2.24, 2.45) is 5.73 Å². The van der Waals surface area contributed by atoms with Gasteiger partial charge in [0.1, 0.15) is 5.82 Å². The predicted octanol–water partition coefficient (Wildman–Crippen LogP) is 1.77. The van der Waals surface area contributed by atoms with Crippen molar-refractivity contribution in [2.75, 3.05) is 6.54 Å². The Hall–Kier alpha value is -1.75. The molecule has 0 aliphatic carbocycles. The molecule has 2 N–H and O–H groups in total. The molecule has 16 heavy (non-hydrogen) atoms. The average molecular weight is 221 g/mol. The molecule has 0 saturated heterocycles. The molecule has 1 heterocycles. The minimum absolute atomic E-state index is 0.213. The second kappa shape index (κ2) is 4.85. The van der Waals surface area contributed by atoms with Gasteiger partial charge < -0.3 is 10.3 Å². The van der Waals surface area contributed by atoms with E-state index in [2.05, 4.69) is 10.1 Å². The Morgan fingerprint density at radius 1 is 1.31 bits per heavy atom. The third kappa shape index (κ3) is 2.25. The van der Waals surface area contributed by atoms with E-state index in [1.165, 1.54) is 6.07 Å². The van der Waals surface area contributed by atoms with Crippen LogP contribution in [0.25, 0.3) is 11.5 Å². The fraction of sp³-hybridized carbons (Fsp3) is 0.273. The summed E-state index contributed by atoms with van der Waals surface area (Å²) in [6.07, 6.45) is 1.44. The predicted molar refractivity (Wildman–Crippen MR) is 57.1 cm³/mol. The molecule has 0 fully saturated rings. The van der Waals surface area contributed by atoms with E-state index < -0.39 is 0 Å². The lowest BCUT2D eigenvalue weighted by Crippen LogP contribution is -2.01. The van der Waals surface area contributed by atoms with Crippen LogP contribution in [0.3, 0.4) is 0 Å². The first kappa shape index (κ1) is 10.8. The summed E-state index contributed by atoms with van der Waals surface area (Å²) in [6.45, 7) is 0.573. The van der Waals surface area contributed by atoms with Crippen molar-refractivity contribution < 1.29 is 8.91 Å². The zero-order chi connectivity index (χ0) is 11.4. The number of hydrogen-bond acceptors (Lipinski definition) is 4. The maximum absolute atomic E-state index is 13.4. The van der Waals surface area contributed by atoms with Crippen molar-refractivity contribution in [1.82, 2.24) is 10.1 Å². The summed E-state index contributed by atoms with van der Waals surface area (Å²) in [5.41, 5.74) is 5.70. The number of aromatic nitrogens is 2. The van der Waals surface area contributed by atoms with Gasteiger partial charge in [-0.3, -0.25) is 0 Å². The molecule has 0 aliphatic rings. The second-order valence-electron chi connectivity index (χ2n) is 3.39. The van der Waals surface area contributed by atoms with Crippen LogP contribution in [0, 0.1) is 5.82 Å². The van der Waals surface area contributed by atoms with E-state index >= 15 is 0 Å². The van der Waals surface area contributed by atoms with Crippen molar-refractivity contribution in [3.63, 3.8) is 0 Å². The number of rotatable bonds is 4. The van der Waals surface area contributed by atoms with Crippen LogP contribution >= 0.6 is 0 Å². The number of hydrogen-bond donors (Lipinski definition) is 1. The fourth-order valence-corrected chi connectivity index (χ4v) is 1.36. The Kier molecular flexibility index (Phi) is 3.26. The normalized spacial score (nSPS) is 10.6. The van der Waals surface area contributed by atoms with Gasteiger partial charge in [-0.15, -0.1) is 0 Å². The first-order valence-corrected chi connectivity index (χ1v) is 5.09. The van der Waals surface area contributed by atoms with Gasteiger partial charge in [0, 0.05) is 6.42 Å². The lowest BCUT2D eigenvalue weighted by Gasteiger charge is -1.94. The number of benzene rings is 1. The molecule has 84 valence electrons. The van der Waals surface area contributed by atoms with Crippen LogP contribution in [0.15, 0.2) is 28.8 Å². The number of aryl methyl sites for hydroxylation is 1. The Morgan fingerprint density at radius 2 is 2.12 bits per heavy atom. The van der Waals surface area contributed by atoms with Gasteiger partial charge in [-0.2, -0.15) is 4.98 Å². The Morgan fingerprint density at radius 3 is 2.88 bits per heavy atom. The van der Waals surface area contributed by atoms with Gasteiger partial charge >= 0.3 is 0 Å². The Labute approximate surface area is 92.3 Å². The Bertz CT molecular complexity index is 470. The average Bonchev–Trinajstić information content (AvgIpc) is 2.75. The first-order chi connectivity index (χ1) is 7.81. The molecule has 4 nitrogen and oxygen atoms in total. The molecule has 0 atom stereocenters. The molecular weight excluding hydrogens is 209 g/mol. The molecule has 0 amide bonds. The minimum Gasteiger partial charge on any atom is -0.334 e. The summed E-state index contributed by atoms with van der Waals surface area (Å²) in [5, 5.41) is 3.76. The van der Waals surface area contributed by atoms with Crippen molar-refractivity contribution in [2.45, 2.75) is 12.8 Å². The highest BCUT2D eigenvalue weighted by Crippen LogP contribution is 2.20. The number of halogens is 1. The van der Waals surface area contributed by atoms with Crippen LogP contribution in [-0.4, -0.2) is 16.7 Å². The summed E-state index contributed by atoms with van der Waals surface area (Å²) in [6, 6.07) is 6.31. The summed E-state index contributed by atoms with van der Waals surface area (Å²) < 4.78 is 18.4. The van der Waals surface area contributed by atoms with E-state index in [0.29, 0.717) is 24.4 Å². The lowest BCUT2D eigenvalue weighted by molar-refractivity contribution is 0.419. The molecule has 1 aromatic carbocycles. The van der Waals surface area contributed by atoms with Gasteiger partial charge in [-0.25, -0.2) is 4.39 Å². The maximum atomic E-state index is 13.4. The summed E-state index contributed by atoms with van der Waals surface area (Å²) in [5.74, 6) is 0.408. The zero-order valence-corrected chi connectivity index (χ0v) is 8.69. The fourth-order valence-electron chi connectivity index (χ4n) is 1.36. The molecule has 1 aromatic heterocycles. The zero-order valence-electron chi connectivity index (χ0n) is 8.69. The third-order valence-electron chi connectivity index (χ3n) is 2.18. The first-order valence-electron chi connectivity index (χ1n) is 5.09. The van der Waals surface area contributed by atoms with Gasteiger partial charge in [-0.1, -0.05) is 17.3 Å². The van der Waals surface area contributed by atoms with E-state index in [0.717, 1.165) is 6.42 Å². The summed E-state index contributed by atoms with van der Waals surface area (Å²) in [7, 11) is 0. The highest BCUT2D eigenvalue weighted by Gasteiger charge is 2.11. The van der Waals surface area contributed by atoms with Crippen molar-refractivity contribution in [3.8, 4) is 11.5 Å². The molecule has 2 rings (SSSR count). The van der Waals surface area contributed by atoms with Crippen molar-refractivity contribution in [1.29, 1.82) is 0 Å². The smallest absolute Gasteiger partial charge is 0.260 e.